The molecule has 0 aromatic heterocycles. The standard InChI is InChI=1S/C15H19BrN2O2/c1-10-6-7-11(12(16)9-10)15(20)18-8-4-3-5-13(18)14(19)17-2/h6-7,9,13H,3-5,8H2,1-2H3,(H,17,19). The van der Waals surface area contributed by atoms with Gasteiger partial charge in [0.15, 0.2) is 0 Å². The largest absolute Gasteiger partial charge is 0.357 e. The Morgan fingerprint density at radius 2 is 2.10 bits per heavy atom. The van der Waals surface area contributed by atoms with Gasteiger partial charge in [0.1, 0.15) is 6.04 Å². The van der Waals surface area contributed by atoms with E-state index in [0.717, 1.165) is 29.3 Å². The monoisotopic (exact) mass is 338 g/mol. The smallest absolute Gasteiger partial charge is 0.255 e. The number of nitrogens with one attached hydrogen (secondary N) is 1. The van der Waals surface area contributed by atoms with E-state index in [0.29, 0.717) is 12.1 Å². The number of piperidine rings is 1. The average Bonchev–Trinajstić information content (AvgIpc) is 2.46. The molecule has 4 nitrogen and oxygen atoms in total. The normalized spacial score (nSPS) is 18.8. The second kappa shape index (κ2) is 6.39. The lowest BCUT2D eigenvalue weighted by Gasteiger charge is -2.34. The topological polar surface area (TPSA) is 49.4 Å². The van der Waals surface area contributed by atoms with E-state index in [1.54, 1.807) is 11.9 Å². The molecule has 20 heavy (non-hydrogen) atoms. The van der Waals surface area contributed by atoms with Crippen molar-refractivity contribution in [3.63, 3.8) is 0 Å². The molecule has 1 aliphatic rings. The van der Waals surface area contributed by atoms with Gasteiger partial charge in [-0.15, -0.1) is 0 Å². The summed E-state index contributed by atoms with van der Waals surface area (Å²) in [6, 6.07) is 5.30. The van der Waals surface area contributed by atoms with Gasteiger partial charge in [0.05, 0.1) is 5.56 Å². The first-order valence-corrected chi connectivity index (χ1v) is 7.62. The van der Waals surface area contributed by atoms with Crippen LogP contribution in [0.25, 0.3) is 0 Å². The third-order valence-corrected chi connectivity index (χ3v) is 4.32. The van der Waals surface area contributed by atoms with Gasteiger partial charge in [-0.2, -0.15) is 0 Å². The van der Waals surface area contributed by atoms with Crippen molar-refractivity contribution in [3.8, 4) is 0 Å². The van der Waals surface area contributed by atoms with E-state index in [4.69, 9.17) is 0 Å². The highest BCUT2D eigenvalue weighted by Crippen LogP contribution is 2.24. The molecule has 1 aromatic rings. The lowest BCUT2D eigenvalue weighted by Crippen LogP contribution is -2.51. The Balaban J connectivity index is 2.27. The Morgan fingerprint density at radius 1 is 1.35 bits per heavy atom. The van der Waals surface area contributed by atoms with E-state index in [-0.39, 0.29) is 17.9 Å². The quantitative estimate of drug-likeness (QED) is 0.900. The van der Waals surface area contributed by atoms with Gasteiger partial charge >= 0.3 is 0 Å². The van der Waals surface area contributed by atoms with Crippen LogP contribution in [0, 0.1) is 6.92 Å². The number of likely N-dealkylation sites (N-methyl/N-ethyl adjacent to an activating group) is 1. The molecule has 0 spiro atoms. The maximum atomic E-state index is 12.7. The summed E-state index contributed by atoms with van der Waals surface area (Å²) < 4.78 is 0.781. The van der Waals surface area contributed by atoms with Crippen LogP contribution in [-0.4, -0.2) is 36.3 Å². The van der Waals surface area contributed by atoms with Crippen molar-refractivity contribution in [1.29, 1.82) is 0 Å². The minimum Gasteiger partial charge on any atom is -0.357 e. The number of carbonyl (C=O) groups is 2. The Morgan fingerprint density at radius 3 is 2.75 bits per heavy atom. The van der Waals surface area contributed by atoms with Gasteiger partial charge in [-0.05, 0) is 59.8 Å². The lowest BCUT2D eigenvalue weighted by atomic mass is 10.00. The van der Waals surface area contributed by atoms with Crippen molar-refractivity contribution in [2.24, 2.45) is 0 Å². The van der Waals surface area contributed by atoms with Gasteiger partial charge in [0, 0.05) is 18.1 Å². The van der Waals surface area contributed by atoms with Crippen molar-refractivity contribution in [2.75, 3.05) is 13.6 Å². The fourth-order valence-corrected chi connectivity index (χ4v) is 3.22. The zero-order valence-corrected chi connectivity index (χ0v) is 13.4. The van der Waals surface area contributed by atoms with E-state index in [1.807, 2.05) is 25.1 Å². The second-order valence-corrected chi connectivity index (χ2v) is 5.96. The number of amides is 2. The van der Waals surface area contributed by atoms with Crippen LogP contribution in [0.15, 0.2) is 22.7 Å². The molecule has 1 aliphatic heterocycles. The first-order chi connectivity index (χ1) is 9.54. The number of hydrogen-bond donors (Lipinski definition) is 1. The lowest BCUT2D eigenvalue weighted by molar-refractivity contribution is -0.126. The van der Waals surface area contributed by atoms with Gasteiger partial charge in [0.2, 0.25) is 5.91 Å². The van der Waals surface area contributed by atoms with E-state index >= 15 is 0 Å². The van der Waals surface area contributed by atoms with Crippen LogP contribution in [0.2, 0.25) is 0 Å². The van der Waals surface area contributed by atoms with Crippen molar-refractivity contribution in [2.45, 2.75) is 32.2 Å². The van der Waals surface area contributed by atoms with Gasteiger partial charge < -0.3 is 10.2 Å². The van der Waals surface area contributed by atoms with Crippen LogP contribution in [0.1, 0.15) is 35.2 Å². The molecule has 1 fully saturated rings. The van der Waals surface area contributed by atoms with E-state index < -0.39 is 0 Å². The Kier molecular flexibility index (Phi) is 4.81. The number of benzene rings is 1. The molecule has 5 heteroatoms. The highest BCUT2D eigenvalue weighted by atomic mass is 79.9. The number of aryl methyl sites for hydroxylation is 1. The summed E-state index contributed by atoms with van der Waals surface area (Å²) in [7, 11) is 1.61. The number of hydrogen-bond acceptors (Lipinski definition) is 2. The predicted molar refractivity (Wildman–Crippen MR) is 81.6 cm³/mol. The summed E-state index contributed by atoms with van der Waals surface area (Å²) in [5.41, 5.74) is 1.71. The molecule has 0 bridgehead atoms. The summed E-state index contributed by atoms with van der Waals surface area (Å²) in [6.07, 6.45) is 2.66. The molecular formula is C15H19BrN2O2. The van der Waals surface area contributed by atoms with E-state index in [1.165, 1.54) is 0 Å². The zero-order valence-electron chi connectivity index (χ0n) is 11.8. The Labute approximate surface area is 127 Å². The third-order valence-electron chi connectivity index (χ3n) is 3.67. The summed E-state index contributed by atoms with van der Waals surface area (Å²) in [6.45, 7) is 2.62. The molecule has 1 heterocycles. The minimum atomic E-state index is -0.352. The first-order valence-electron chi connectivity index (χ1n) is 6.83. The van der Waals surface area contributed by atoms with Gasteiger partial charge in [-0.1, -0.05) is 6.07 Å². The van der Waals surface area contributed by atoms with E-state index in [9.17, 15) is 9.59 Å². The van der Waals surface area contributed by atoms with E-state index in [2.05, 4.69) is 21.2 Å². The molecule has 1 saturated heterocycles. The summed E-state index contributed by atoms with van der Waals surface area (Å²) in [5.74, 6) is -0.161. The number of nitrogens with zero attached hydrogens (tertiary/aromatic N) is 1. The SMILES string of the molecule is CNC(=O)C1CCCCN1C(=O)c1ccc(C)cc1Br. The number of likely N-dealkylation sites (tertiary alicyclic amines) is 1. The summed E-state index contributed by atoms with van der Waals surface area (Å²) in [4.78, 5) is 26.3. The summed E-state index contributed by atoms with van der Waals surface area (Å²) in [5, 5.41) is 2.65. The maximum Gasteiger partial charge on any atom is 0.255 e. The van der Waals surface area contributed by atoms with Gasteiger partial charge in [-0.25, -0.2) is 0 Å². The molecule has 1 N–H and O–H groups in total. The fourth-order valence-electron chi connectivity index (χ4n) is 2.56. The molecule has 0 saturated carbocycles. The minimum absolute atomic E-state index is 0.0785. The molecule has 2 amide bonds. The van der Waals surface area contributed by atoms with Gasteiger partial charge in [0.25, 0.3) is 5.91 Å². The van der Waals surface area contributed by atoms with Crippen molar-refractivity contribution in [1.82, 2.24) is 10.2 Å². The average molecular weight is 339 g/mol. The van der Waals surface area contributed by atoms with Gasteiger partial charge in [-0.3, -0.25) is 9.59 Å². The van der Waals surface area contributed by atoms with Crippen LogP contribution < -0.4 is 5.32 Å². The van der Waals surface area contributed by atoms with Crippen molar-refractivity contribution >= 4 is 27.7 Å². The zero-order chi connectivity index (χ0) is 14.7. The maximum absolute atomic E-state index is 12.7. The molecule has 2 rings (SSSR count). The number of rotatable bonds is 2. The fraction of sp³-hybridized carbons (Fsp3) is 0.467. The van der Waals surface area contributed by atoms with Crippen molar-refractivity contribution < 1.29 is 9.59 Å². The van der Waals surface area contributed by atoms with Crippen molar-refractivity contribution in [3.05, 3.63) is 33.8 Å². The van der Waals surface area contributed by atoms with Crippen LogP contribution in [0.3, 0.4) is 0 Å². The third kappa shape index (κ3) is 3.03. The second-order valence-electron chi connectivity index (χ2n) is 5.11. The highest BCUT2D eigenvalue weighted by Gasteiger charge is 2.32. The molecular weight excluding hydrogens is 320 g/mol. The Bertz CT molecular complexity index is 531. The van der Waals surface area contributed by atoms with Crippen LogP contribution in [0.5, 0.6) is 0 Å². The molecule has 0 radical (unpaired) electrons. The van der Waals surface area contributed by atoms with Crippen LogP contribution >= 0.6 is 15.9 Å². The first kappa shape index (κ1) is 15.0. The molecule has 1 unspecified atom stereocenters. The summed E-state index contributed by atoms with van der Waals surface area (Å²) >= 11 is 3.44. The molecule has 0 aliphatic carbocycles. The van der Waals surface area contributed by atoms with Crippen LogP contribution in [0.4, 0.5) is 0 Å². The predicted octanol–water partition coefficient (Wildman–Crippen LogP) is 2.50. The molecule has 108 valence electrons. The molecule has 1 aromatic carbocycles. The van der Waals surface area contributed by atoms with Crippen LogP contribution in [-0.2, 0) is 4.79 Å². The number of halogens is 1. The highest BCUT2D eigenvalue weighted by molar-refractivity contribution is 9.10. The molecule has 1 atom stereocenters. The Hall–Kier alpha value is -1.36. The number of carbonyl (C=O) groups excluding carboxylic acids is 2.